The van der Waals surface area contributed by atoms with Crippen molar-refractivity contribution in [1.29, 1.82) is 0 Å². The van der Waals surface area contributed by atoms with Crippen LogP contribution in [0.1, 0.15) is 34.3 Å². The van der Waals surface area contributed by atoms with Crippen molar-refractivity contribution in [2.24, 2.45) is 0 Å². The standard InChI is InChI=1S/C26H26F2N2O/c1-19-6-12-22(13-7-19)30(26(31)24-4-2-3-5-25(24)28)23-14-16-29(17-15-23)18-20-8-10-21(27)11-9-20/h2-13,23H,14-18H2,1H3. The summed E-state index contributed by atoms with van der Waals surface area (Å²) >= 11 is 0. The van der Waals surface area contributed by atoms with Crippen LogP contribution in [0.4, 0.5) is 14.5 Å². The topological polar surface area (TPSA) is 23.6 Å². The second kappa shape index (κ2) is 9.40. The summed E-state index contributed by atoms with van der Waals surface area (Å²) in [6.07, 6.45) is 1.57. The van der Waals surface area contributed by atoms with Crippen LogP contribution in [0.15, 0.2) is 72.8 Å². The van der Waals surface area contributed by atoms with Gasteiger partial charge >= 0.3 is 0 Å². The number of hydrogen-bond acceptors (Lipinski definition) is 2. The van der Waals surface area contributed by atoms with Crippen molar-refractivity contribution in [3.05, 3.63) is 101 Å². The highest BCUT2D eigenvalue weighted by Crippen LogP contribution is 2.27. The number of anilines is 1. The molecule has 31 heavy (non-hydrogen) atoms. The molecule has 0 bridgehead atoms. The predicted molar refractivity (Wildman–Crippen MR) is 119 cm³/mol. The van der Waals surface area contributed by atoms with Crippen LogP contribution in [0.3, 0.4) is 0 Å². The van der Waals surface area contributed by atoms with E-state index in [1.54, 1.807) is 23.1 Å². The normalized spacial score (nSPS) is 15.1. The molecule has 1 heterocycles. The maximum Gasteiger partial charge on any atom is 0.261 e. The summed E-state index contributed by atoms with van der Waals surface area (Å²) in [4.78, 5) is 17.5. The maximum absolute atomic E-state index is 14.4. The molecule has 160 valence electrons. The van der Waals surface area contributed by atoms with E-state index in [-0.39, 0.29) is 23.3 Å². The summed E-state index contributed by atoms with van der Waals surface area (Å²) < 4.78 is 27.6. The smallest absolute Gasteiger partial charge is 0.261 e. The van der Waals surface area contributed by atoms with Gasteiger partial charge in [-0.15, -0.1) is 0 Å². The van der Waals surface area contributed by atoms with Gasteiger partial charge in [0.25, 0.3) is 5.91 Å². The summed E-state index contributed by atoms with van der Waals surface area (Å²) in [5.41, 5.74) is 3.06. The number of carbonyl (C=O) groups is 1. The van der Waals surface area contributed by atoms with Crippen LogP contribution in [-0.2, 0) is 6.54 Å². The molecule has 0 aliphatic carbocycles. The van der Waals surface area contributed by atoms with E-state index in [4.69, 9.17) is 0 Å². The zero-order valence-electron chi connectivity index (χ0n) is 17.6. The minimum atomic E-state index is -0.502. The number of benzene rings is 3. The fourth-order valence-corrected chi connectivity index (χ4v) is 4.15. The van der Waals surface area contributed by atoms with Gasteiger partial charge in [-0.1, -0.05) is 42.0 Å². The highest BCUT2D eigenvalue weighted by Gasteiger charge is 2.31. The molecule has 1 aliphatic rings. The summed E-state index contributed by atoms with van der Waals surface area (Å²) in [7, 11) is 0. The fraction of sp³-hybridized carbons (Fsp3) is 0.269. The number of likely N-dealkylation sites (tertiary alicyclic amines) is 1. The van der Waals surface area contributed by atoms with Crippen LogP contribution in [-0.4, -0.2) is 29.9 Å². The molecule has 0 spiro atoms. The Morgan fingerprint density at radius 1 is 0.935 bits per heavy atom. The first-order chi connectivity index (χ1) is 15.0. The van der Waals surface area contributed by atoms with Gasteiger partial charge in [0.2, 0.25) is 0 Å². The number of halogens is 2. The van der Waals surface area contributed by atoms with Crippen molar-refractivity contribution in [1.82, 2.24) is 4.90 Å². The second-order valence-corrected chi connectivity index (χ2v) is 8.12. The van der Waals surface area contributed by atoms with E-state index >= 15 is 0 Å². The van der Waals surface area contributed by atoms with Crippen LogP contribution >= 0.6 is 0 Å². The van der Waals surface area contributed by atoms with Crippen molar-refractivity contribution in [3.63, 3.8) is 0 Å². The molecule has 0 unspecified atom stereocenters. The highest BCUT2D eigenvalue weighted by molar-refractivity contribution is 6.06. The van der Waals surface area contributed by atoms with E-state index in [9.17, 15) is 13.6 Å². The van der Waals surface area contributed by atoms with E-state index in [1.807, 2.05) is 43.3 Å². The lowest BCUT2D eigenvalue weighted by atomic mass is 9.99. The molecule has 1 amide bonds. The van der Waals surface area contributed by atoms with Crippen LogP contribution in [0.25, 0.3) is 0 Å². The molecule has 0 N–H and O–H groups in total. The first kappa shape index (κ1) is 21.2. The molecular weight excluding hydrogens is 394 g/mol. The molecule has 0 aromatic heterocycles. The van der Waals surface area contributed by atoms with Gasteiger partial charge in [-0.3, -0.25) is 9.69 Å². The molecule has 3 nitrogen and oxygen atoms in total. The minimum Gasteiger partial charge on any atom is -0.305 e. The Hall–Kier alpha value is -3.05. The van der Waals surface area contributed by atoms with E-state index < -0.39 is 5.82 Å². The monoisotopic (exact) mass is 420 g/mol. The number of aryl methyl sites for hydroxylation is 1. The lowest BCUT2D eigenvalue weighted by Crippen LogP contribution is -2.47. The van der Waals surface area contributed by atoms with Gasteiger partial charge in [-0.2, -0.15) is 0 Å². The van der Waals surface area contributed by atoms with Crippen LogP contribution in [0.2, 0.25) is 0 Å². The number of amides is 1. The predicted octanol–water partition coefficient (Wildman–Crippen LogP) is 5.58. The van der Waals surface area contributed by atoms with Gasteiger partial charge in [0.1, 0.15) is 11.6 Å². The molecule has 3 aromatic carbocycles. The van der Waals surface area contributed by atoms with E-state index in [0.717, 1.165) is 49.3 Å². The average Bonchev–Trinajstić information content (AvgIpc) is 2.78. The Balaban J connectivity index is 1.52. The van der Waals surface area contributed by atoms with Crippen molar-refractivity contribution < 1.29 is 13.6 Å². The summed E-state index contributed by atoms with van der Waals surface area (Å²) in [5, 5.41) is 0. The molecule has 1 saturated heterocycles. The Bertz CT molecular complexity index is 1030. The Morgan fingerprint density at radius 3 is 2.23 bits per heavy atom. The lowest BCUT2D eigenvalue weighted by molar-refractivity contribution is 0.0954. The van der Waals surface area contributed by atoms with Gasteiger partial charge in [-0.25, -0.2) is 8.78 Å². The first-order valence-corrected chi connectivity index (χ1v) is 10.6. The van der Waals surface area contributed by atoms with E-state index in [1.165, 1.54) is 18.2 Å². The maximum atomic E-state index is 14.4. The first-order valence-electron chi connectivity index (χ1n) is 10.6. The van der Waals surface area contributed by atoms with Crippen molar-refractivity contribution in [2.75, 3.05) is 18.0 Å². The lowest BCUT2D eigenvalue weighted by Gasteiger charge is -2.38. The number of piperidine rings is 1. The minimum absolute atomic E-state index is 0.0146. The number of rotatable bonds is 5. The van der Waals surface area contributed by atoms with Crippen LogP contribution in [0.5, 0.6) is 0 Å². The van der Waals surface area contributed by atoms with Gasteiger partial charge in [0.15, 0.2) is 0 Å². The van der Waals surface area contributed by atoms with Gasteiger partial charge < -0.3 is 4.90 Å². The van der Waals surface area contributed by atoms with Crippen LogP contribution < -0.4 is 4.90 Å². The summed E-state index contributed by atoms with van der Waals surface area (Å²) in [6.45, 7) is 4.38. The fourth-order valence-electron chi connectivity index (χ4n) is 4.15. The third-order valence-corrected chi connectivity index (χ3v) is 5.88. The molecule has 0 saturated carbocycles. The Morgan fingerprint density at radius 2 is 1.58 bits per heavy atom. The van der Waals surface area contributed by atoms with Gasteiger partial charge in [-0.05, 0) is 61.7 Å². The molecule has 0 atom stereocenters. The second-order valence-electron chi connectivity index (χ2n) is 8.12. The number of hydrogen-bond donors (Lipinski definition) is 0. The molecule has 5 heteroatoms. The highest BCUT2D eigenvalue weighted by atomic mass is 19.1. The van der Waals surface area contributed by atoms with Crippen molar-refractivity contribution >= 4 is 11.6 Å². The van der Waals surface area contributed by atoms with E-state index in [2.05, 4.69) is 4.90 Å². The SMILES string of the molecule is Cc1ccc(N(C(=O)c2ccccc2F)C2CCN(Cc3ccc(F)cc3)CC2)cc1. The molecule has 3 aromatic rings. The van der Waals surface area contributed by atoms with Gasteiger partial charge in [0, 0.05) is 31.4 Å². The summed E-state index contributed by atoms with van der Waals surface area (Å²) in [6, 6.07) is 20.5. The third kappa shape index (κ3) is 5.00. The van der Waals surface area contributed by atoms with E-state index in [0.29, 0.717) is 0 Å². The zero-order chi connectivity index (χ0) is 21.8. The summed E-state index contributed by atoms with van der Waals surface area (Å²) in [5.74, 6) is -1.04. The molecule has 4 rings (SSSR count). The van der Waals surface area contributed by atoms with Gasteiger partial charge in [0.05, 0.1) is 5.56 Å². The van der Waals surface area contributed by atoms with Crippen LogP contribution in [0, 0.1) is 18.6 Å². The Labute approximate surface area is 181 Å². The molecular formula is C26H26F2N2O. The third-order valence-electron chi connectivity index (χ3n) is 5.88. The average molecular weight is 421 g/mol. The molecule has 0 radical (unpaired) electrons. The molecule has 1 fully saturated rings. The molecule has 1 aliphatic heterocycles. The quantitative estimate of drug-likeness (QED) is 0.538. The largest absolute Gasteiger partial charge is 0.305 e. The number of carbonyl (C=O) groups excluding carboxylic acids is 1. The van der Waals surface area contributed by atoms with Crippen molar-refractivity contribution in [2.45, 2.75) is 32.4 Å². The number of nitrogens with zero attached hydrogens (tertiary/aromatic N) is 2. The zero-order valence-corrected chi connectivity index (χ0v) is 17.6. The van der Waals surface area contributed by atoms with Crippen molar-refractivity contribution in [3.8, 4) is 0 Å². The Kier molecular flexibility index (Phi) is 6.42.